The van der Waals surface area contributed by atoms with Crippen molar-refractivity contribution in [2.75, 3.05) is 48.0 Å². The lowest BCUT2D eigenvalue weighted by Crippen LogP contribution is -2.48. The predicted octanol–water partition coefficient (Wildman–Crippen LogP) is 2.78. The molecule has 1 unspecified atom stereocenters. The largest absolute Gasteiger partial charge is 0.491 e. The standard InChI is InChI=1S/C25H32N6O5/c1-4-9-27-23(32)19-5-6-20-22(28-19)31(16-8-11-30(20)13-16)24(33)29-21-12-17(7-10-26-21)34-14-18-15-35-25(2,3)36-18/h5-7,10,12,16,18H,4,8-9,11,13-15H2,1-3H3,(H,27,32)(H,26,29,33)/t16?,18-/m0/s1. The molecule has 0 aromatic carbocycles. The molecular formula is C25H32N6O5. The maximum atomic E-state index is 13.5. The summed E-state index contributed by atoms with van der Waals surface area (Å²) in [4.78, 5) is 38.7. The summed E-state index contributed by atoms with van der Waals surface area (Å²) >= 11 is 0. The highest BCUT2D eigenvalue weighted by Crippen LogP contribution is 2.39. The maximum Gasteiger partial charge on any atom is 0.329 e. The molecule has 11 heteroatoms. The van der Waals surface area contributed by atoms with Crippen molar-refractivity contribution in [1.82, 2.24) is 15.3 Å². The smallest absolute Gasteiger partial charge is 0.329 e. The molecule has 5 heterocycles. The number of rotatable bonds is 7. The summed E-state index contributed by atoms with van der Waals surface area (Å²) in [5, 5.41) is 5.73. The summed E-state index contributed by atoms with van der Waals surface area (Å²) in [5.74, 6) is 0.544. The molecule has 2 N–H and O–H groups in total. The van der Waals surface area contributed by atoms with Gasteiger partial charge in [-0.15, -0.1) is 0 Å². The quantitative estimate of drug-likeness (QED) is 0.601. The fourth-order valence-electron chi connectivity index (χ4n) is 4.70. The van der Waals surface area contributed by atoms with Crippen molar-refractivity contribution in [3.63, 3.8) is 0 Å². The second kappa shape index (κ2) is 9.90. The highest BCUT2D eigenvalue weighted by atomic mass is 16.7. The van der Waals surface area contributed by atoms with E-state index in [1.54, 1.807) is 29.3 Å². The lowest BCUT2D eigenvalue weighted by atomic mass is 10.1. The van der Waals surface area contributed by atoms with Crippen LogP contribution >= 0.6 is 0 Å². The van der Waals surface area contributed by atoms with Crippen LogP contribution in [0, 0.1) is 0 Å². The molecule has 0 spiro atoms. The van der Waals surface area contributed by atoms with Crippen molar-refractivity contribution >= 4 is 29.3 Å². The van der Waals surface area contributed by atoms with Crippen LogP contribution in [0.2, 0.25) is 0 Å². The number of hydrogen-bond acceptors (Lipinski definition) is 8. The number of fused-ring (bicyclic) bond motifs is 4. The molecule has 0 aliphatic carbocycles. The van der Waals surface area contributed by atoms with E-state index in [-0.39, 0.29) is 29.8 Å². The third kappa shape index (κ3) is 5.07. The third-order valence-electron chi connectivity index (χ3n) is 6.41. The molecular weight excluding hydrogens is 464 g/mol. The van der Waals surface area contributed by atoms with Crippen molar-refractivity contribution in [3.8, 4) is 5.75 Å². The minimum atomic E-state index is -0.615. The molecule has 2 fully saturated rings. The molecule has 0 saturated carbocycles. The van der Waals surface area contributed by atoms with Gasteiger partial charge < -0.3 is 24.4 Å². The van der Waals surface area contributed by atoms with Crippen LogP contribution in [0.25, 0.3) is 0 Å². The van der Waals surface area contributed by atoms with E-state index >= 15 is 0 Å². The second-order valence-corrected chi connectivity index (χ2v) is 9.62. The fraction of sp³-hybridized carbons (Fsp3) is 0.520. The Morgan fingerprint density at radius 1 is 1.28 bits per heavy atom. The summed E-state index contributed by atoms with van der Waals surface area (Å²) in [5.41, 5.74) is 1.13. The second-order valence-electron chi connectivity index (χ2n) is 9.62. The van der Waals surface area contributed by atoms with Gasteiger partial charge in [-0.2, -0.15) is 0 Å². The molecule has 0 radical (unpaired) electrons. The van der Waals surface area contributed by atoms with E-state index in [1.807, 2.05) is 26.8 Å². The summed E-state index contributed by atoms with van der Waals surface area (Å²) in [7, 11) is 0. The molecule has 11 nitrogen and oxygen atoms in total. The molecule has 5 rings (SSSR count). The number of hydrogen-bond donors (Lipinski definition) is 2. The number of aromatic nitrogens is 2. The van der Waals surface area contributed by atoms with Gasteiger partial charge in [0.1, 0.15) is 30.0 Å². The molecule has 2 bridgehead atoms. The zero-order chi connectivity index (χ0) is 25.3. The van der Waals surface area contributed by atoms with Gasteiger partial charge in [0.2, 0.25) is 0 Å². The monoisotopic (exact) mass is 496 g/mol. The van der Waals surface area contributed by atoms with Gasteiger partial charge in [0.15, 0.2) is 11.6 Å². The van der Waals surface area contributed by atoms with Crippen molar-refractivity contribution in [3.05, 3.63) is 36.2 Å². The van der Waals surface area contributed by atoms with E-state index in [0.29, 0.717) is 37.1 Å². The summed E-state index contributed by atoms with van der Waals surface area (Å²) in [6, 6.07) is 6.59. The van der Waals surface area contributed by atoms with Gasteiger partial charge in [0.05, 0.1) is 18.3 Å². The first kappa shape index (κ1) is 24.3. The fourth-order valence-corrected chi connectivity index (χ4v) is 4.70. The van der Waals surface area contributed by atoms with Crippen molar-refractivity contribution in [2.24, 2.45) is 0 Å². The molecule has 192 valence electrons. The SMILES string of the molecule is CCCNC(=O)c1ccc2c(n1)N(C(=O)Nc1cc(OC[C@H]3COC(C)(C)O3)ccn1)C1CCN2C1. The van der Waals surface area contributed by atoms with Crippen LogP contribution < -0.4 is 25.2 Å². The first-order valence-electron chi connectivity index (χ1n) is 12.4. The van der Waals surface area contributed by atoms with Crippen LogP contribution in [0.4, 0.5) is 22.1 Å². The number of nitrogens with zero attached hydrogens (tertiary/aromatic N) is 4. The van der Waals surface area contributed by atoms with Gasteiger partial charge in [-0.25, -0.2) is 14.8 Å². The highest BCUT2D eigenvalue weighted by molar-refractivity contribution is 6.05. The van der Waals surface area contributed by atoms with E-state index in [4.69, 9.17) is 14.2 Å². The zero-order valence-electron chi connectivity index (χ0n) is 20.8. The number of anilines is 3. The van der Waals surface area contributed by atoms with Gasteiger partial charge in [-0.05, 0) is 44.9 Å². The highest BCUT2D eigenvalue weighted by Gasteiger charge is 2.40. The molecule has 2 aromatic rings. The lowest BCUT2D eigenvalue weighted by Gasteiger charge is -2.35. The Morgan fingerprint density at radius 2 is 2.14 bits per heavy atom. The topological polar surface area (TPSA) is 118 Å². The Balaban J connectivity index is 1.30. The average Bonchev–Trinajstić information content (AvgIpc) is 3.44. The number of pyridine rings is 2. The normalized spacial score (nSPS) is 21.8. The van der Waals surface area contributed by atoms with Crippen molar-refractivity contribution in [2.45, 2.75) is 51.5 Å². The van der Waals surface area contributed by atoms with E-state index in [2.05, 4.69) is 25.5 Å². The van der Waals surface area contributed by atoms with Gasteiger partial charge in [-0.3, -0.25) is 15.0 Å². The Labute approximate surface area is 210 Å². The van der Waals surface area contributed by atoms with Crippen molar-refractivity contribution in [1.29, 1.82) is 0 Å². The molecule has 3 aliphatic heterocycles. The van der Waals surface area contributed by atoms with E-state index in [9.17, 15) is 9.59 Å². The molecule has 3 aliphatic rings. The van der Waals surface area contributed by atoms with Crippen molar-refractivity contribution < 1.29 is 23.8 Å². The predicted molar refractivity (Wildman–Crippen MR) is 134 cm³/mol. The maximum absolute atomic E-state index is 13.5. The van der Waals surface area contributed by atoms with Crippen LogP contribution in [0.3, 0.4) is 0 Å². The number of nitrogens with one attached hydrogen (secondary N) is 2. The van der Waals surface area contributed by atoms with Gasteiger partial charge in [-0.1, -0.05) is 6.92 Å². The number of urea groups is 1. The summed E-state index contributed by atoms with van der Waals surface area (Å²) in [6.07, 6.45) is 3.06. The minimum Gasteiger partial charge on any atom is -0.491 e. The lowest BCUT2D eigenvalue weighted by molar-refractivity contribution is -0.141. The minimum absolute atomic E-state index is 0.0405. The van der Waals surface area contributed by atoms with Gasteiger partial charge >= 0.3 is 6.03 Å². The number of amides is 3. The van der Waals surface area contributed by atoms with E-state index < -0.39 is 5.79 Å². The molecule has 2 aromatic heterocycles. The molecule has 2 saturated heterocycles. The number of carbonyl (C=O) groups is 2. The first-order valence-corrected chi connectivity index (χ1v) is 12.4. The molecule has 36 heavy (non-hydrogen) atoms. The zero-order valence-corrected chi connectivity index (χ0v) is 20.8. The molecule has 3 amide bonds. The van der Waals surface area contributed by atoms with Crippen LogP contribution in [0.15, 0.2) is 30.5 Å². The Bertz CT molecular complexity index is 1140. The van der Waals surface area contributed by atoms with Crippen LogP contribution in [-0.2, 0) is 9.47 Å². The number of carbonyl (C=O) groups excluding carboxylic acids is 2. The first-order chi connectivity index (χ1) is 17.3. The van der Waals surface area contributed by atoms with E-state index in [0.717, 1.165) is 31.6 Å². The van der Waals surface area contributed by atoms with Crippen LogP contribution in [-0.4, -0.2) is 72.7 Å². The Morgan fingerprint density at radius 3 is 2.92 bits per heavy atom. The van der Waals surface area contributed by atoms with Gasteiger partial charge in [0, 0.05) is 31.9 Å². The average molecular weight is 497 g/mol. The van der Waals surface area contributed by atoms with Crippen LogP contribution in [0.1, 0.15) is 44.1 Å². The summed E-state index contributed by atoms with van der Waals surface area (Å²) < 4.78 is 17.2. The Kier molecular flexibility index (Phi) is 6.67. The third-order valence-corrected chi connectivity index (χ3v) is 6.41. The van der Waals surface area contributed by atoms with Crippen LogP contribution in [0.5, 0.6) is 5.75 Å². The van der Waals surface area contributed by atoms with Gasteiger partial charge in [0.25, 0.3) is 5.91 Å². The number of ether oxygens (including phenoxy) is 3. The molecule has 2 atom stereocenters. The Hall–Kier alpha value is -3.44. The van der Waals surface area contributed by atoms with E-state index in [1.165, 1.54) is 0 Å². The summed E-state index contributed by atoms with van der Waals surface area (Å²) in [6.45, 7) is 8.62.